The molecule has 1 aromatic heterocycles. The van der Waals surface area contributed by atoms with Crippen molar-refractivity contribution in [3.63, 3.8) is 0 Å². The number of para-hydroxylation sites is 1. The quantitative estimate of drug-likeness (QED) is 0.339. The zero-order valence-electron chi connectivity index (χ0n) is 16.2. The van der Waals surface area contributed by atoms with Gasteiger partial charge in [0.25, 0.3) is 0 Å². The van der Waals surface area contributed by atoms with Crippen molar-refractivity contribution in [3.8, 4) is 22.3 Å². The summed E-state index contributed by atoms with van der Waals surface area (Å²) >= 11 is 0. The molecule has 0 unspecified atom stereocenters. The summed E-state index contributed by atoms with van der Waals surface area (Å²) < 4.78 is 0. The Morgan fingerprint density at radius 2 is 1.30 bits per heavy atom. The molecule has 0 aliphatic carbocycles. The van der Waals surface area contributed by atoms with E-state index in [1.807, 2.05) is 0 Å². The summed E-state index contributed by atoms with van der Waals surface area (Å²) in [6.45, 7) is 0. The Labute approximate surface area is 176 Å². The molecule has 0 bridgehead atoms. The van der Waals surface area contributed by atoms with Crippen molar-refractivity contribution < 1.29 is 0 Å². The number of rotatable bonds is 1. The zero-order valence-corrected chi connectivity index (χ0v) is 17.2. The average molecular weight is 396 g/mol. The normalized spacial score (nSPS) is 12.5. The van der Waals surface area contributed by atoms with Crippen LogP contribution in [0.25, 0.3) is 54.8 Å². The largest absolute Gasteiger partial charge is 0.354 e. The molecular weight excluding hydrogens is 378 g/mol. The molecule has 2 heterocycles. The first-order chi connectivity index (χ1) is 14.9. The topological polar surface area (TPSA) is 15.8 Å². The van der Waals surface area contributed by atoms with Crippen LogP contribution in [-0.2, 0) is 0 Å². The number of hydrogen-bond donors (Lipinski definition) is 1. The van der Waals surface area contributed by atoms with E-state index in [9.17, 15) is 0 Å². The van der Waals surface area contributed by atoms with E-state index < -0.39 is 0 Å². The van der Waals surface area contributed by atoms with Gasteiger partial charge < -0.3 is 4.98 Å². The predicted molar refractivity (Wildman–Crippen MR) is 129 cm³/mol. The number of benzene rings is 5. The summed E-state index contributed by atoms with van der Waals surface area (Å²) in [5, 5.41) is 8.07. The molecule has 6 aromatic rings. The smallest absolute Gasteiger partial charge is 0.123 e. The van der Waals surface area contributed by atoms with Crippen LogP contribution in [0, 0.1) is 0 Å². The fourth-order valence-corrected chi connectivity index (χ4v) is 6.43. The zero-order chi connectivity index (χ0) is 19.7. The summed E-state index contributed by atoms with van der Waals surface area (Å²) in [4.78, 5) is 3.72. The molecule has 0 saturated carbocycles. The molecule has 0 amide bonds. The molecule has 2 radical (unpaired) electrons. The third kappa shape index (κ3) is 2.11. The van der Waals surface area contributed by atoms with Gasteiger partial charge >= 0.3 is 0 Å². The minimum Gasteiger partial charge on any atom is -0.354 e. The number of aromatic nitrogens is 1. The Hall–Kier alpha value is -3.62. The molecule has 0 fully saturated rings. The number of nitrogens with one attached hydrogen (secondary N) is 1. The number of fused-ring (bicyclic) bond motifs is 8. The highest BCUT2D eigenvalue weighted by Crippen LogP contribution is 2.40. The summed E-state index contributed by atoms with van der Waals surface area (Å²) in [7, 11) is 0.734. The minimum absolute atomic E-state index is 0.734. The van der Waals surface area contributed by atoms with Crippen molar-refractivity contribution in [2.75, 3.05) is 0 Å². The first-order valence-electron chi connectivity index (χ1n) is 10.3. The highest BCUT2D eigenvalue weighted by molar-refractivity contribution is 6.73. The summed E-state index contributed by atoms with van der Waals surface area (Å²) in [6, 6.07) is 35.5. The van der Waals surface area contributed by atoms with Crippen molar-refractivity contribution in [3.05, 3.63) is 97.1 Å². The van der Waals surface area contributed by atoms with Gasteiger partial charge in [0.1, 0.15) is 9.52 Å². The molecule has 1 N–H and O–H groups in total. The van der Waals surface area contributed by atoms with E-state index in [2.05, 4.69) is 102 Å². The molecule has 0 spiro atoms. The maximum Gasteiger partial charge on any atom is 0.123 e. The lowest BCUT2D eigenvalue weighted by atomic mass is 9.90. The van der Waals surface area contributed by atoms with Gasteiger partial charge in [0.15, 0.2) is 0 Å². The first kappa shape index (κ1) is 16.2. The van der Waals surface area contributed by atoms with Crippen LogP contribution in [0.15, 0.2) is 97.1 Å². The standard InChI is InChI=1S/C28H17NSi/c1-3-12-23-18(8-1)21-16-15-17-7-5-10-19(26(17)28(21)29-23)20-11-6-14-25-27(20)22-9-2-4-13-24(22)30-25/h1-16,29H. The van der Waals surface area contributed by atoms with E-state index in [1.54, 1.807) is 0 Å². The lowest BCUT2D eigenvalue weighted by Gasteiger charge is -2.14. The molecule has 1 aliphatic rings. The molecule has 0 saturated heterocycles. The van der Waals surface area contributed by atoms with Gasteiger partial charge in [-0.3, -0.25) is 0 Å². The van der Waals surface area contributed by atoms with E-state index in [1.165, 1.54) is 65.2 Å². The van der Waals surface area contributed by atoms with Gasteiger partial charge in [-0.15, -0.1) is 0 Å². The van der Waals surface area contributed by atoms with E-state index in [-0.39, 0.29) is 0 Å². The van der Waals surface area contributed by atoms with Crippen LogP contribution in [0.5, 0.6) is 0 Å². The second kappa shape index (κ2) is 5.94. The van der Waals surface area contributed by atoms with Crippen molar-refractivity contribution >= 4 is 52.5 Å². The van der Waals surface area contributed by atoms with Crippen LogP contribution >= 0.6 is 0 Å². The van der Waals surface area contributed by atoms with Crippen LogP contribution in [-0.4, -0.2) is 14.5 Å². The Morgan fingerprint density at radius 1 is 0.533 bits per heavy atom. The number of aromatic amines is 1. The number of H-pyrrole nitrogens is 1. The van der Waals surface area contributed by atoms with Crippen LogP contribution in [0.4, 0.5) is 0 Å². The lowest BCUT2D eigenvalue weighted by Crippen LogP contribution is -2.20. The van der Waals surface area contributed by atoms with Crippen LogP contribution in [0.1, 0.15) is 0 Å². The monoisotopic (exact) mass is 395 g/mol. The van der Waals surface area contributed by atoms with Crippen LogP contribution in [0.3, 0.4) is 0 Å². The third-order valence-electron chi connectivity index (χ3n) is 6.34. The van der Waals surface area contributed by atoms with Crippen LogP contribution < -0.4 is 10.4 Å². The van der Waals surface area contributed by atoms with Crippen molar-refractivity contribution in [2.45, 2.75) is 0 Å². The van der Waals surface area contributed by atoms with Gasteiger partial charge in [-0.1, -0.05) is 96.2 Å². The van der Waals surface area contributed by atoms with Crippen molar-refractivity contribution in [1.29, 1.82) is 0 Å². The number of hydrogen-bond acceptors (Lipinski definition) is 0. The Kier molecular flexibility index (Phi) is 3.21. The van der Waals surface area contributed by atoms with Gasteiger partial charge in [-0.25, -0.2) is 0 Å². The Bertz CT molecular complexity index is 1620. The SMILES string of the molecule is c1ccc2c(c1)[Si]c1cccc(-c3cccc4ccc5c6ccccc6[nH]c5c34)c1-2. The molecule has 1 nitrogen and oxygen atoms in total. The Morgan fingerprint density at radius 3 is 2.30 bits per heavy atom. The van der Waals surface area contributed by atoms with Crippen LogP contribution in [0.2, 0.25) is 0 Å². The molecule has 30 heavy (non-hydrogen) atoms. The molecule has 1 aliphatic heterocycles. The Balaban J connectivity index is 1.63. The third-order valence-corrected chi connectivity index (χ3v) is 7.73. The van der Waals surface area contributed by atoms with Crippen molar-refractivity contribution in [2.24, 2.45) is 0 Å². The van der Waals surface area contributed by atoms with Gasteiger partial charge in [-0.2, -0.15) is 0 Å². The fourth-order valence-electron chi connectivity index (χ4n) is 5.05. The first-order valence-corrected chi connectivity index (χ1v) is 11.3. The molecule has 7 rings (SSSR count). The summed E-state index contributed by atoms with van der Waals surface area (Å²) in [5.74, 6) is 0. The van der Waals surface area contributed by atoms with Gasteiger partial charge in [0.05, 0.1) is 5.52 Å². The molecule has 138 valence electrons. The van der Waals surface area contributed by atoms with E-state index in [4.69, 9.17) is 0 Å². The highest BCUT2D eigenvalue weighted by atomic mass is 28.2. The van der Waals surface area contributed by atoms with Crippen molar-refractivity contribution in [1.82, 2.24) is 4.98 Å². The van der Waals surface area contributed by atoms with E-state index in [0.29, 0.717) is 0 Å². The second-order valence-electron chi connectivity index (χ2n) is 7.96. The van der Waals surface area contributed by atoms with Gasteiger partial charge in [0, 0.05) is 21.7 Å². The molecular formula is C28H17NSi. The molecule has 5 aromatic carbocycles. The summed E-state index contributed by atoms with van der Waals surface area (Å²) in [5.41, 5.74) is 7.87. The summed E-state index contributed by atoms with van der Waals surface area (Å²) in [6.07, 6.45) is 0. The van der Waals surface area contributed by atoms with Gasteiger partial charge in [0.2, 0.25) is 0 Å². The average Bonchev–Trinajstić information content (AvgIpc) is 3.37. The predicted octanol–water partition coefficient (Wildman–Crippen LogP) is 5.78. The van der Waals surface area contributed by atoms with Gasteiger partial charge in [-0.05, 0) is 38.9 Å². The van der Waals surface area contributed by atoms with E-state index in [0.717, 1.165) is 9.52 Å². The maximum atomic E-state index is 3.72. The second-order valence-corrected chi connectivity index (χ2v) is 9.29. The minimum atomic E-state index is 0.734. The van der Waals surface area contributed by atoms with E-state index >= 15 is 0 Å². The molecule has 2 heteroatoms. The fraction of sp³-hybridized carbons (Fsp3) is 0. The molecule has 0 atom stereocenters. The highest BCUT2D eigenvalue weighted by Gasteiger charge is 2.23. The maximum absolute atomic E-state index is 3.72. The lowest BCUT2D eigenvalue weighted by molar-refractivity contribution is 1.56.